The number of anilines is 1. The van der Waals surface area contributed by atoms with Crippen LogP contribution in [0.4, 0.5) is 10.1 Å². The van der Waals surface area contributed by atoms with E-state index in [-0.39, 0.29) is 0 Å². The second-order valence-electron chi connectivity index (χ2n) is 1.45. The molecule has 0 aliphatic rings. The van der Waals surface area contributed by atoms with Gasteiger partial charge in [0.05, 0.1) is 9.80 Å². The Bertz CT molecular complexity index is 237. The van der Waals surface area contributed by atoms with Gasteiger partial charge in [0.2, 0.25) is 0 Å². The monoisotopic (exact) mass is 130 g/mol. The van der Waals surface area contributed by atoms with Crippen molar-refractivity contribution in [2.75, 3.05) is 5.73 Å². The lowest BCUT2D eigenvalue weighted by Gasteiger charge is -1.94. The molecule has 0 fully saturated rings. The summed E-state index contributed by atoms with van der Waals surface area (Å²) in [7, 11) is 0. The quantitative estimate of drug-likeness (QED) is 0.408. The van der Waals surface area contributed by atoms with E-state index < -0.39 is 35.4 Å². The van der Waals surface area contributed by atoms with E-state index in [9.17, 15) is 4.39 Å². The van der Waals surface area contributed by atoms with Crippen LogP contribution < -0.4 is 5.73 Å². The van der Waals surface area contributed by atoms with E-state index in [0.29, 0.717) is 0 Å². The Morgan fingerprint density at radius 3 is 3.00 bits per heavy atom. The van der Waals surface area contributed by atoms with Gasteiger partial charge in [-0.1, -0.05) is 0 Å². The molecule has 0 atom stereocenters. The van der Waals surface area contributed by atoms with Crippen molar-refractivity contribution in [2.24, 2.45) is 0 Å². The first kappa shape index (κ1) is 3.06. The van der Waals surface area contributed by atoms with E-state index in [2.05, 4.69) is 0 Å². The molecule has 0 aromatic heterocycles. The summed E-state index contributed by atoms with van der Waals surface area (Å²) in [6, 6.07) is -2.20. The van der Waals surface area contributed by atoms with Crippen LogP contribution >= 0.6 is 0 Å². The Kier molecular flexibility index (Phi) is 0.656. The van der Waals surface area contributed by atoms with Crippen LogP contribution in [0.3, 0.4) is 0 Å². The summed E-state index contributed by atoms with van der Waals surface area (Å²) in [6.45, 7) is 0. The lowest BCUT2D eigenvalue weighted by Crippen LogP contribution is -1.84. The molecule has 1 rings (SSSR count). The Balaban J connectivity index is 3.60. The maximum Gasteiger partial charge on any atom is 0.141 e. The minimum absolute atomic E-state index is 0.439. The van der Waals surface area contributed by atoms with Gasteiger partial charge in [-0.3, -0.25) is 0 Å². The molecule has 0 radical (unpaired) electrons. The zero-order valence-corrected chi connectivity index (χ0v) is 4.40. The molecule has 3 heteroatoms. The van der Waals surface area contributed by atoms with Gasteiger partial charge in [-0.25, -0.2) is 4.39 Å². The number of nitrogens with two attached hydrogens (primary N) is 1. The molecule has 0 aliphatic carbocycles. The summed E-state index contributed by atoms with van der Waals surface area (Å²) in [6.07, 6.45) is 0. The van der Waals surface area contributed by atoms with Crippen molar-refractivity contribution in [3.8, 4) is 5.75 Å². The standard InChI is InChI=1S/C6H6FNO/c7-4-1-2-5(8)6(9)3-4/h1-3,9H,8H2/i1D,2D,3D. The van der Waals surface area contributed by atoms with Crippen LogP contribution in [0.25, 0.3) is 0 Å². The van der Waals surface area contributed by atoms with Crippen LogP contribution in [0, 0.1) is 5.82 Å². The molecule has 2 nitrogen and oxygen atoms in total. The van der Waals surface area contributed by atoms with Crippen molar-refractivity contribution < 1.29 is 13.6 Å². The van der Waals surface area contributed by atoms with Gasteiger partial charge in [0, 0.05) is 6.04 Å². The molecule has 0 saturated heterocycles. The average Bonchev–Trinajstić information content (AvgIpc) is 2.08. The molecule has 0 aliphatic heterocycles. The topological polar surface area (TPSA) is 46.2 Å². The van der Waals surface area contributed by atoms with E-state index in [1.54, 1.807) is 0 Å². The number of halogens is 1. The Hall–Kier alpha value is -1.25. The third-order valence-electron chi connectivity index (χ3n) is 0.790. The van der Waals surface area contributed by atoms with Crippen molar-refractivity contribution in [1.29, 1.82) is 0 Å². The number of phenols is 1. The van der Waals surface area contributed by atoms with E-state index in [4.69, 9.17) is 15.0 Å². The maximum atomic E-state index is 12.7. The lowest BCUT2D eigenvalue weighted by molar-refractivity contribution is 0.472. The SMILES string of the molecule is [2H]c1c([2H])c(F)c([2H])c(O)c1N. The van der Waals surface area contributed by atoms with Gasteiger partial charge >= 0.3 is 0 Å². The second-order valence-corrected chi connectivity index (χ2v) is 1.45. The molecule has 0 amide bonds. The van der Waals surface area contributed by atoms with E-state index in [1.807, 2.05) is 0 Å². The number of benzene rings is 1. The molecule has 0 heterocycles. The molecule has 1 aromatic rings. The van der Waals surface area contributed by atoms with Crippen molar-refractivity contribution in [2.45, 2.75) is 0 Å². The summed E-state index contributed by atoms with van der Waals surface area (Å²) in [5.41, 5.74) is 4.67. The summed E-state index contributed by atoms with van der Waals surface area (Å²) in [5, 5.41) is 8.94. The van der Waals surface area contributed by atoms with Crippen molar-refractivity contribution in [3.63, 3.8) is 0 Å². The first-order chi connectivity index (χ1) is 5.46. The fourth-order valence-electron chi connectivity index (χ4n) is 0.384. The van der Waals surface area contributed by atoms with Crippen LogP contribution in [0.1, 0.15) is 4.11 Å². The van der Waals surface area contributed by atoms with Gasteiger partial charge in [-0.05, 0) is 12.1 Å². The summed E-state index contributed by atoms with van der Waals surface area (Å²) >= 11 is 0. The van der Waals surface area contributed by atoms with Gasteiger partial charge in [0.1, 0.15) is 11.6 Å². The highest BCUT2D eigenvalue weighted by Gasteiger charge is 1.95. The number of hydrogen-bond donors (Lipinski definition) is 2. The van der Waals surface area contributed by atoms with E-state index >= 15 is 0 Å². The predicted octanol–water partition coefficient (Wildman–Crippen LogP) is 1.11. The van der Waals surface area contributed by atoms with Crippen LogP contribution in [0.15, 0.2) is 18.1 Å². The Morgan fingerprint density at radius 1 is 1.67 bits per heavy atom. The summed E-state index contributed by atoms with van der Waals surface area (Å²) in [5.74, 6) is -2.01. The van der Waals surface area contributed by atoms with Crippen LogP contribution in [-0.4, -0.2) is 5.11 Å². The third kappa shape index (κ3) is 1.10. The van der Waals surface area contributed by atoms with E-state index in [0.717, 1.165) is 0 Å². The number of rotatable bonds is 0. The minimum atomic E-state index is -1.23. The fourth-order valence-corrected chi connectivity index (χ4v) is 0.384. The molecule has 9 heavy (non-hydrogen) atoms. The highest BCUT2D eigenvalue weighted by molar-refractivity contribution is 5.50. The van der Waals surface area contributed by atoms with Gasteiger partial charge in [0.25, 0.3) is 0 Å². The molecule has 1 aromatic carbocycles. The van der Waals surface area contributed by atoms with Gasteiger partial charge in [-0.15, -0.1) is 0 Å². The van der Waals surface area contributed by atoms with Gasteiger partial charge in [0.15, 0.2) is 0 Å². The zero-order valence-electron chi connectivity index (χ0n) is 7.40. The average molecular weight is 130 g/mol. The molecule has 0 unspecified atom stereocenters. The minimum Gasteiger partial charge on any atom is -0.506 e. The van der Waals surface area contributed by atoms with Crippen molar-refractivity contribution in [1.82, 2.24) is 0 Å². The van der Waals surface area contributed by atoms with E-state index in [1.165, 1.54) is 0 Å². The van der Waals surface area contributed by atoms with Gasteiger partial charge < -0.3 is 10.8 Å². The highest BCUT2D eigenvalue weighted by Crippen LogP contribution is 2.18. The first-order valence-corrected chi connectivity index (χ1v) is 2.20. The highest BCUT2D eigenvalue weighted by atomic mass is 19.1. The first-order valence-electron chi connectivity index (χ1n) is 3.70. The summed E-state index contributed by atoms with van der Waals surface area (Å²) < 4.78 is 33.6. The largest absolute Gasteiger partial charge is 0.506 e. The zero-order chi connectivity index (χ0) is 9.46. The molecule has 0 saturated carbocycles. The Morgan fingerprint density at radius 2 is 2.33 bits per heavy atom. The number of aromatic hydroxyl groups is 1. The van der Waals surface area contributed by atoms with Gasteiger partial charge in [-0.2, -0.15) is 0 Å². The maximum absolute atomic E-state index is 12.7. The van der Waals surface area contributed by atoms with Crippen LogP contribution in [0.5, 0.6) is 5.75 Å². The number of hydrogen-bond acceptors (Lipinski definition) is 2. The predicted molar refractivity (Wildman–Crippen MR) is 32.5 cm³/mol. The smallest absolute Gasteiger partial charge is 0.141 e. The molecule has 48 valence electrons. The van der Waals surface area contributed by atoms with Crippen LogP contribution in [0.2, 0.25) is 0 Å². The molecule has 0 spiro atoms. The number of nitrogen functional groups attached to an aromatic ring is 1. The molecule has 0 bridgehead atoms. The van der Waals surface area contributed by atoms with Crippen LogP contribution in [-0.2, 0) is 0 Å². The molecule has 3 N–H and O–H groups in total. The lowest BCUT2D eigenvalue weighted by atomic mass is 10.3. The normalized spacial score (nSPS) is 14.1. The third-order valence-corrected chi connectivity index (χ3v) is 0.790. The second kappa shape index (κ2) is 1.93. The number of phenolic OH excluding ortho intramolecular Hbond substituents is 1. The summed E-state index contributed by atoms with van der Waals surface area (Å²) in [4.78, 5) is 0. The van der Waals surface area contributed by atoms with Crippen molar-refractivity contribution >= 4 is 5.69 Å². The fraction of sp³-hybridized carbons (Fsp3) is 0. The molecular weight excluding hydrogens is 121 g/mol. The molecular formula is C6H6FNO. The Labute approximate surface area is 55.9 Å². The van der Waals surface area contributed by atoms with Crippen molar-refractivity contribution in [3.05, 3.63) is 23.9 Å².